The molecule has 0 radical (unpaired) electrons. The van der Waals surface area contributed by atoms with Gasteiger partial charge in [0.25, 0.3) is 0 Å². The van der Waals surface area contributed by atoms with Gasteiger partial charge in [0.2, 0.25) is 0 Å². The van der Waals surface area contributed by atoms with Crippen molar-refractivity contribution in [2.24, 2.45) is 0 Å². The van der Waals surface area contributed by atoms with Gasteiger partial charge in [-0.15, -0.1) is 22.7 Å². The first-order valence-corrected chi connectivity index (χ1v) is 19.8. The molecule has 0 saturated carbocycles. The Hall–Kier alpha value is -1.72. The fraction of sp³-hybridized carbons (Fsp3) is 0.421. The Bertz CT molecular complexity index is 1500. The van der Waals surface area contributed by atoms with Crippen molar-refractivity contribution in [3.05, 3.63) is 85.6 Å². The Balaban J connectivity index is 1.49. The molecule has 0 atom stereocenters. The van der Waals surface area contributed by atoms with Crippen molar-refractivity contribution in [1.29, 1.82) is 0 Å². The second-order valence-corrected chi connectivity index (χ2v) is 16.8. The Morgan fingerprint density at radius 1 is 0.523 bits per heavy atom. The van der Waals surface area contributed by atoms with Gasteiger partial charge in [0.05, 0.1) is 26.9 Å². The van der Waals surface area contributed by atoms with Crippen LogP contribution in [-0.2, 0) is 25.7 Å². The predicted molar refractivity (Wildman–Crippen MR) is 208 cm³/mol. The summed E-state index contributed by atoms with van der Waals surface area (Å²) in [5.41, 5.74) is 9.56. The van der Waals surface area contributed by atoms with E-state index in [1.54, 1.807) is 0 Å². The third kappa shape index (κ3) is 9.64. The molecule has 4 heterocycles. The van der Waals surface area contributed by atoms with Crippen molar-refractivity contribution in [3.63, 3.8) is 0 Å². The highest BCUT2D eigenvalue weighted by Crippen LogP contribution is 2.33. The summed E-state index contributed by atoms with van der Waals surface area (Å²) in [6.45, 7) is 9.05. The zero-order valence-corrected chi connectivity index (χ0v) is 32.4. The number of rotatable bonds is 13. The summed E-state index contributed by atoms with van der Waals surface area (Å²) in [6.07, 6.45) is 18.0. The van der Waals surface area contributed by atoms with E-state index in [9.17, 15) is 0 Å². The van der Waals surface area contributed by atoms with E-state index in [0.717, 1.165) is 48.2 Å². The summed E-state index contributed by atoms with van der Waals surface area (Å²) >= 11 is 8.71. The lowest BCUT2D eigenvalue weighted by atomic mass is 10.0. The number of hydrogen-bond acceptors (Lipinski definition) is 4. The van der Waals surface area contributed by atoms with Gasteiger partial charge in [-0.3, -0.25) is 9.97 Å². The van der Waals surface area contributed by atoms with Crippen LogP contribution in [0.25, 0.3) is 11.4 Å². The molecule has 0 amide bonds. The van der Waals surface area contributed by atoms with E-state index >= 15 is 0 Å². The van der Waals surface area contributed by atoms with Crippen LogP contribution >= 0.6 is 67.9 Å². The Morgan fingerprint density at radius 2 is 0.886 bits per heavy atom. The molecule has 4 aromatic rings. The first kappa shape index (κ1) is 35.1. The number of nitrogens with zero attached hydrogens (tertiary/aromatic N) is 2. The molecule has 0 spiro atoms. The summed E-state index contributed by atoms with van der Waals surface area (Å²) < 4.78 is 2.80. The molecule has 0 aliphatic heterocycles. The summed E-state index contributed by atoms with van der Waals surface area (Å²) in [4.78, 5) is 11.8. The van der Waals surface area contributed by atoms with Crippen molar-refractivity contribution in [2.45, 2.75) is 105 Å². The zero-order chi connectivity index (χ0) is 31.3. The normalized spacial score (nSPS) is 10.8. The average Bonchev–Trinajstić information content (AvgIpc) is 3.52. The molecule has 0 N–H and O–H groups in total. The number of thiophene rings is 2. The fourth-order valence-electron chi connectivity index (χ4n) is 5.08. The fourth-order valence-corrected chi connectivity index (χ4v) is 9.54. The second-order valence-electron chi connectivity index (χ2n) is 11.1. The molecular weight excluding hydrogens is 802 g/mol. The van der Waals surface area contributed by atoms with Crippen LogP contribution in [0.1, 0.15) is 122 Å². The van der Waals surface area contributed by atoms with Gasteiger partial charge in [0, 0.05) is 23.5 Å². The van der Waals surface area contributed by atoms with E-state index in [2.05, 4.69) is 109 Å². The predicted octanol–water partition coefficient (Wildman–Crippen LogP) is 11.6. The lowest BCUT2D eigenvalue weighted by Crippen LogP contribution is -1.94. The summed E-state index contributed by atoms with van der Waals surface area (Å²) in [6, 6.07) is 8.15. The van der Waals surface area contributed by atoms with E-state index in [-0.39, 0.29) is 0 Å². The van der Waals surface area contributed by atoms with Gasteiger partial charge in [-0.05, 0) is 143 Å². The molecule has 4 rings (SSSR count). The van der Waals surface area contributed by atoms with E-state index in [1.165, 1.54) is 89.1 Å². The summed E-state index contributed by atoms with van der Waals surface area (Å²) in [7, 11) is 0. The highest BCUT2D eigenvalue weighted by molar-refractivity contribution is 14.1. The highest BCUT2D eigenvalue weighted by Gasteiger charge is 2.16. The molecule has 0 aliphatic carbocycles. The zero-order valence-electron chi connectivity index (χ0n) is 26.4. The quantitative estimate of drug-likeness (QED) is 0.0990. The van der Waals surface area contributed by atoms with Gasteiger partial charge in [-0.25, -0.2) is 0 Å². The monoisotopic (exact) mass is 844 g/mol. The molecular formula is C38H42I2N2S2. The van der Waals surface area contributed by atoms with E-state index in [1.807, 2.05) is 47.2 Å². The van der Waals surface area contributed by atoms with Crippen molar-refractivity contribution >= 4 is 67.9 Å². The first-order chi connectivity index (χ1) is 21.5. The molecule has 44 heavy (non-hydrogen) atoms. The number of hydrogen-bond donors (Lipinski definition) is 0. The van der Waals surface area contributed by atoms with Crippen molar-refractivity contribution in [3.8, 4) is 35.1 Å². The lowest BCUT2D eigenvalue weighted by Gasteiger charge is -2.05. The minimum atomic E-state index is 0.849. The molecule has 4 aromatic heterocycles. The number of halogens is 2. The van der Waals surface area contributed by atoms with Crippen LogP contribution < -0.4 is 0 Å². The highest BCUT2D eigenvalue weighted by atomic mass is 127. The van der Waals surface area contributed by atoms with E-state index in [0.29, 0.717) is 0 Å². The smallest absolute Gasteiger partial charge is 0.0887 e. The van der Waals surface area contributed by atoms with Crippen LogP contribution in [0.2, 0.25) is 0 Å². The largest absolute Gasteiger partial charge is 0.253 e. The van der Waals surface area contributed by atoms with Gasteiger partial charge in [0.1, 0.15) is 0 Å². The van der Waals surface area contributed by atoms with E-state index < -0.39 is 0 Å². The standard InChI is InChI=1S/C38H42I2N2S2/c1-5-9-13-29-31(15-11-7-3)37(39)43-35(29)23-19-27-17-21-33(41-25-27)34-22-18-28(26-42-34)20-24-36-30(14-10-6-2)32(16-12-8-4)38(40)44-36/h17-18,21-22,25-26H,5-16H2,1-4H3. The maximum Gasteiger partial charge on any atom is 0.0887 e. The van der Waals surface area contributed by atoms with Gasteiger partial charge in [0.15, 0.2) is 0 Å². The maximum atomic E-state index is 4.70. The Labute approximate surface area is 300 Å². The topological polar surface area (TPSA) is 25.8 Å². The van der Waals surface area contributed by atoms with E-state index in [4.69, 9.17) is 9.97 Å². The molecule has 230 valence electrons. The molecule has 0 fully saturated rings. The summed E-state index contributed by atoms with van der Waals surface area (Å²) in [5, 5.41) is 0. The molecule has 0 aromatic carbocycles. The second kappa shape index (κ2) is 18.4. The van der Waals surface area contributed by atoms with Crippen LogP contribution in [0.15, 0.2) is 36.7 Å². The van der Waals surface area contributed by atoms with Crippen molar-refractivity contribution in [2.75, 3.05) is 0 Å². The molecule has 0 bridgehead atoms. The molecule has 0 aliphatic rings. The number of aromatic nitrogens is 2. The van der Waals surface area contributed by atoms with Crippen LogP contribution in [0.4, 0.5) is 0 Å². The Morgan fingerprint density at radius 3 is 1.20 bits per heavy atom. The lowest BCUT2D eigenvalue weighted by molar-refractivity contribution is 0.759. The van der Waals surface area contributed by atoms with Gasteiger partial charge in [-0.1, -0.05) is 77.1 Å². The molecule has 0 saturated heterocycles. The van der Waals surface area contributed by atoms with Gasteiger partial charge >= 0.3 is 0 Å². The van der Waals surface area contributed by atoms with Gasteiger partial charge in [-0.2, -0.15) is 0 Å². The minimum Gasteiger partial charge on any atom is -0.253 e. The molecule has 2 nitrogen and oxygen atoms in total. The average molecular weight is 845 g/mol. The van der Waals surface area contributed by atoms with Gasteiger partial charge < -0.3 is 0 Å². The third-order valence-corrected chi connectivity index (χ3v) is 12.3. The van der Waals surface area contributed by atoms with Crippen molar-refractivity contribution in [1.82, 2.24) is 9.97 Å². The number of unbranched alkanes of at least 4 members (excludes halogenated alkanes) is 4. The SMILES string of the molecule is CCCCc1c(I)sc(C#Cc2ccc(-c3ccc(C#Cc4sc(I)c(CCCC)c4CCCC)cn3)nc2)c1CCCC. The van der Waals surface area contributed by atoms with Crippen LogP contribution in [0, 0.1) is 29.4 Å². The minimum absolute atomic E-state index is 0.849. The molecule has 6 heteroatoms. The van der Waals surface area contributed by atoms with Crippen LogP contribution in [-0.4, -0.2) is 9.97 Å². The van der Waals surface area contributed by atoms with Crippen LogP contribution in [0.5, 0.6) is 0 Å². The number of pyridine rings is 2. The van der Waals surface area contributed by atoms with Crippen LogP contribution in [0.3, 0.4) is 0 Å². The Kier molecular flexibility index (Phi) is 14.7. The first-order valence-electron chi connectivity index (χ1n) is 16.0. The third-order valence-electron chi connectivity index (χ3n) is 7.69. The summed E-state index contributed by atoms with van der Waals surface area (Å²) in [5.74, 6) is 13.8. The molecule has 0 unspecified atom stereocenters. The maximum absolute atomic E-state index is 4.70. The van der Waals surface area contributed by atoms with Crippen molar-refractivity contribution < 1.29 is 0 Å².